The van der Waals surface area contributed by atoms with E-state index in [4.69, 9.17) is 15.6 Å². The van der Waals surface area contributed by atoms with Crippen LogP contribution in [0, 0.1) is 6.92 Å². The molecule has 0 fully saturated rings. The highest BCUT2D eigenvalue weighted by Crippen LogP contribution is 2.13. The minimum absolute atomic E-state index is 0.133. The van der Waals surface area contributed by atoms with E-state index in [0.717, 1.165) is 5.69 Å². The maximum atomic E-state index is 8.52. The van der Waals surface area contributed by atoms with Gasteiger partial charge >= 0.3 is 0 Å². The normalized spacial score (nSPS) is 10.0. The van der Waals surface area contributed by atoms with Crippen LogP contribution in [0.3, 0.4) is 0 Å². The summed E-state index contributed by atoms with van der Waals surface area (Å²) in [7, 11) is 0. The molecule has 0 spiro atoms. The second kappa shape index (κ2) is 4.67. The molecule has 0 aromatic carbocycles. The Balaban J connectivity index is 2.53. The maximum Gasteiger partial charge on any atom is 0.213 e. The third-order valence-corrected chi connectivity index (χ3v) is 1.65. The molecule has 0 saturated heterocycles. The van der Waals surface area contributed by atoms with Crippen LogP contribution in [0.5, 0.6) is 5.88 Å². The summed E-state index contributed by atoms with van der Waals surface area (Å²) >= 11 is 0. The van der Waals surface area contributed by atoms with E-state index in [0.29, 0.717) is 24.6 Å². The molecule has 0 saturated carbocycles. The van der Waals surface area contributed by atoms with Crippen LogP contribution in [-0.2, 0) is 0 Å². The first-order chi connectivity index (χ1) is 6.24. The lowest BCUT2D eigenvalue weighted by Gasteiger charge is -2.05. The zero-order valence-corrected chi connectivity index (χ0v) is 7.66. The number of hydrogen-bond acceptors (Lipinski definition) is 4. The summed E-state index contributed by atoms with van der Waals surface area (Å²) < 4.78 is 5.26. The van der Waals surface area contributed by atoms with E-state index in [1.807, 2.05) is 6.92 Å². The van der Waals surface area contributed by atoms with Crippen molar-refractivity contribution in [3.05, 3.63) is 17.8 Å². The van der Waals surface area contributed by atoms with E-state index in [2.05, 4.69) is 4.98 Å². The SMILES string of the molecule is Cc1nc(OCCCO)ccc1N. The van der Waals surface area contributed by atoms with Gasteiger partial charge in [0.25, 0.3) is 0 Å². The van der Waals surface area contributed by atoms with Crippen molar-refractivity contribution in [1.29, 1.82) is 0 Å². The van der Waals surface area contributed by atoms with Gasteiger partial charge in [0.2, 0.25) is 5.88 Å². The molecule has 0 aliphatic heterocycles. The topological polar surface area (TPSA) is 68.4 Å². The van der Waals surface area contributed by atoms with Crippen molar-refractivity contribution in [3.8, 4) is 5.88 Å². The maximum absolute atomic E-state index is 8.52. The minimum Gasteiger partial charge on any atom is -0.478 e. The van der Waals surface area contributed by atoms with Gasteiger partial charge in [0.15, 0.2) is 0 Å². The summed E-state index contributed by atoms with van der Waals surface area (Å²) in [5.41, 5.74) is 7.01. The molecular weight excluding hydrogens is 168 g/mol. The van der Waals surface area contributed by atoms with Gasteiger partial charge in [0, 0.05) is 19.1 Å². The number of nitrogens with zero attached hydrogens (tertiary/aromatic N) is 1. The summed E-state index contributed by atoms with van der Waals surface area (Å²) in [6.45, 7) is 2.44. The Morgan fingerprint density at radius 2 is 2.31 bits per heavy atom. The molecule has 0 atom stereocenters. The van der Waals surface area contributed by atoms with Gasteiger partial charge in [0.1, 0.15) is 0 Å². The average Bonchev–Trinajstić information content (AvgIpc) is 2.12. The molecule has 1 aromatic heterocycles. The van der Waals surface area contributed by atoms with E-state index in [-0.39, 0.29) is 6.61 Å². The molecule has 13 heavy (non-hydrogen) atoms. The van der Waals surface area contributed by atoms with E-state index in [1.54, 1.807) is 12.1 Å². The fourth-order valence-corrected chi connectivity index (χ4v) is 0.870. The van der Waals surface area contributed by atoms with Crippen molar-refractivity contribution in [1.82, 2.24) is 4.98 Å². The number of nitrogens with two attached hydrogens (primary N) is 1. The number of aliphatic hydroxyl groups is 1. The highest BCUT2D eigenvalue weighted by Gasteiger charge is 1.98. The number of hydrogen-bond donors (Lipinski definition) is 2. The number of pyridine rings is 1. The van der Waals surface area contributed by atoms with Crippen molar-refractivity contribution in [2.24, 2.45) is 0 Å². The molecule has 0 bridgehead atoms. The zero-order valence-electron chi connectivity index (χ0n) is 7.66. The van der Waals surface area contributed by atoms with E-state index >= 15 is 0 Å². The van der Waals surface area contributed by atoms with Crippen molar-refractivity contribution in [3.63, 3.8) is 0 Å². The predicted molar refractivity (Wildman–Crippen MR) is 50.6 cm³/mol. The average molecular weight is 182 g/mol. The van der Waals surface area contributed by atoms with Gasteiger partial charge in [-0.15, -0.1) is 0 Å². The van der Waals surface area contributed by atoms with Crippen LogP contribution in [0.2, 0.25) is 0 Å². The Hall–Kier alpha value is -1.29. The van der Waals surface area contributed by atoms with Gasteiger partial charge in [-0.1, -0.05) is 0 Å². The molecule has 72 valence electrons. The molecule has 1 rings (SSSR count). The summed E-state index contributed by atoms with van der Waals surface area (Å²) in [5, 5.41) is 8.52. The van der Waals surface area contributed by atoms with E-state index in [1.165, 1.54) is 0 Å². The van der Waals surface area contributed by atoms with E-state index < -0.39 is 0 Å². The Morgan fingerprint density at radius 3 is 2.92 bits per heavy atom. The number of ether oxygens (including phenoxy) is 1. The standard InChI is InChI=1S/C9H14N2O2/c1-7-8(10)3-4-9(11-7)13-6-2-5-12/h3-4,12H,2,5-6,10H2,1H3. The lowest BCUT2D eigenvalue weighted by molar-refractivity contribution is 0.229. The molecule has 0 aliphatic rings. The van der Waals surface area contributed by atoms with Gasteiger partial charge in [0.05, 0.1) is 18.0 Å². The monoisotopic (exact) mass is 182 g/mol. The predicted octanol–water partition coefficient (Wildman–Crippen LogP) is 0.733. The van der Waals surface area contributed by atoms with Crippen LogP contribution >= 0.6 is 0 Å². The first kappa shape index (κ1) is 9.80. The Bertz CT molecular complexity index is 276. The Labute approximate surface area is 77.4 Å². The van der Waals surface area contributed by atoms with Gasteiger partial charge < -0.3 is 15.6 Å². The lowest BCUT2D eigenvalue weighted by Crippen LogP contribution is -2.02. The third-order valence-electron chi connectivity index (χ3n) is 1.65. The molecule has 4 heteroatoms. The molecule has 4 nitrogen and oxygen atoms in total. The smallest absolute Gasteiger partial charge is 0.213 e. The van der Waals surface area contributed by atoms with Crippen LogP contribution in [-0.4, -0.2) is 23.3 Å². The van der Waals surface area contributed by atoms with Crippen LogP contribution in [0.25, 0.3) is 0 Å². The van der Waals surface area contributed by atoms with Crippen molar-refractivity contribution < 1.29 is 9.84 Å². The van der Waals surface area contributed by atoms with Crippen LogP contribution in [0.15, 0.2) is 12.1 Å². The van der Waals surface area contributed by atoms with Gasteiger partial charge in [-0.05, 0) is 13.0 Å². The molecule has 0 aliphatic carbocycles. The Kier molecular flexibility index (Phi) is 3.52. The molecular formula is C9H14N2O2. The van der Waals surface area contributed by atoms with Gasteiger partial charge in [-0.25, -0.2) is 4.98 Å². The minimum atomic E-state index is 0.133. The molecule has 1 aromatic rings. The number of nitrogen functional groups attached to an aromatic ring is 1. The third kappa shape index (κ3) is 2.91. The molecule has 0 radical (unpaired) electrons. The quantitative estimate of drug-likeness (QED) is 0.674. The zero-order chi connectivity index (χ0) is 9.68. The van der Waals surface area contributed by atoms with E-state index in [9.17, 15) is 0 Å². The van der Waals surface area contributed by atoms with Crippen molar-refractivity contribution in [2.75, 3.05) is 18.9 Å². The number of anilines is 1. The summed E-state index contributed by atoms with van der Waals surface area (Å²) in [5.74, 6) is 0.556. The fourth-order valence-electron chi connectivity index (χ4n) is 0.870. The second-order valence-corrected chi connectivity index (χ2v) is 2.75. The number of aryl methyl sites for hydroxylation is 1. The summed E-state index contributed by atoms with van der Waals surface area (Å²) in [6.07, 6.45) is 0.616. The lowest BCUT2D eigenvalue weighted by atomic mass is 10.3. The van der Waals surface area contributed by atoms with Crippen LogP contribution < -0.4 is 10.5 Å². The highest BCUT2D eigenvalue weighted by molar-refractivity contribution is 5.43. The first-order valence-corrected chi connectivity index (χ1v) is 4.21. The summed E-state index contributed by atoms with van der Waals surface area (Å²) in [6, 6.07) is 3.48. The first-order valence-electron chi connectivity index (χ1n) is 4.21. The van der Waals surface area contributed by atoms with Crippen molar-refractivity contribution >= 4 is 5.69 Å². The van der Waals surface area contributed by atoms with Crippen LogP contribution in [0.4, 0.5) is 5.69 Å². The Morgan fingerprint density at radius 1 is 1.54 bits per heavy atom. The molecule has 0 amide bonds. The van der Waals surface area contributed by atoms with Crippen molar-refractivity contribution in [2.45, 2.75) is 13.3 Å². The van der Waals surface area contributed by atoms with Gasteiger partial charge in [-0.2, -0.15) is 0 Å². The largest absolute Gasteiger partial charge is 0.478 e. The summed E-state index contributed by atoms with van der Waals surface area (Å²) in [4.78, 5) is 4.12. The van der Waals surface area contributed by atoms with Gasteiger partial charge in [-0.3, -0.25) is 0 Å². The molecule has 0 unspecified atom stereocenters. The number of aromatic nitrogens is 1. The number of aliphatic hydroxyl groups excluding tert-OH is 1. The fraction of sp³-hybridized carbons (Fsp3) is 0.444. The number of rotatable bonds is 4. The second-order valence-electron chi connectivity index (χ2n) is 2.75. The van der Waals surface area contributed by atoms with Crippen LogP contribution in [0.1, 0.15) is 12.1 Å². The molecule has 3 N–H and O–H groups in total. The highest BCUT2D eigenvalue weighted by atomic mass is 16.5. The molecule has 1 heterocycles.